The second-order valence-corrected chi connectivity index (χ2v) is 4.64. The summed E-state index contributed by atoms with van der Waals surface area (Å²) in [6, 6.07) is 12.1. The fourth-order valence-electron chi connectivity index (χ4n) is 2.14. The van der Waals surface area contributed by atoms with Crippen molar-refractivity contribution in [3.63, 3.8) is 0 Å². The van der Waals surface area contributed by atoms with E-state index in [0.29, 0.717) is 19.0 Å². The number of H-pyrrole nitrogens is 1. The van der Waals surface area contributed by atoms with Crippen molar-refractivity contribution in [2.24, 2.45) is 0 Å². The molecule has 3 rings (SSSR count). The van der Waals surface area contributed by atoms with Crippen molar-refractivity contribution in [2.75, 3.05) is 0 Å². The molecular weight excluding hydrogens is 266 g/mol. The fourth-order valence-corrected chi connectivity index (χ4v) is 2.14. The highest BCUT2D eigenvalue weighted by molar-refractivity contribution is 5.49. The van der Waals surface area contributed by atoms with Crippen LogP contribution in [0.3, 0.4) is 0 Å². The topological polar surface area (TPSA) is 68.6 Å². The number of hydrogen-bond acceptors (Lipinski definition) is 4. The number of benzene rings is 1. The number of aromatic amines is 1. The van der Waals surface area contributed by atoms with Crippen LogP contribution in [0, 0.1) is 0 Å². The summed E-state index contributed by atoms with van der Waals surface area (Å²) in [5.41, 5.74) is 2.94. The van der Waals surface area contributed by atoms with Gasteiger partial charge in [0, 0.05) is 6.54 Å². The highest BCUT2D eigenvalue weighted by Gasteiger charge is 2.11. The maximum atomic E-state index is 5.71. The molecule has 1 aromatic carbocycles. The van der Waals surface area contributed by atoms with Gasteiger partial charge < -0.3 is 4.74 Å². The van der Waals surface area contributed by atoms with Crippen LogP contribution in [0.4, 0.5) is 0 Å². The first kappa shape index (κ1) is 13.5. The molecule has 21 heavy (non-hydrogen) atoms. The molecule has 0 saturated carbocycles. The monoisotopic (exact) mass is 283 g/mol. The van der Waals surface area contributed by atoms with Gasteiger partial charge in [-0.1, -0.05) is 30.3 Å². The molecule has 0 saturated heterocycles. The normalized spacial score (nSPS) is 10.9. The maximum Gasteiger partial charge on any atom is 0.199 e. The van der Waals surface area contributed by atoms with Crippen LogP contribution in [0.1, 0.15) is 18.2 Å². The summed E-state index contributed by atoms with van der Waals surface area (Å²) in [5, 5.41) is 11.3. The van der Waals surface area contributed by atoms with Gasteiger partial charge in [-0.05, 0) is 18.6 Å². The number of aromatic nitrogens is 5. The van der Waals surface area contributed by atoms with Crippen LogP contribution < -0.4 is 0 Å². The lowest BCUT2D eigenvalue weighted by Crippen LogP contribution is -2.01. The molecule has 0 radical (unpaired) electrons. The molecule has 0 amide bonds. The molecule has 0 bridgehead atoms. The van der Waals surface area contributed by atoms with E-state index in [1.807, 2.05) is 48.0 Å². The van der Waals surface area contributed by atoms with E-state index in [9.17, 15) is 0 Å². The van der Waals surface area contributed by atoms with Crippen LogP contribution in [-0.2, 0) is 24.5 Å². The molecular formula is C15H17N5O. The van der Waals surface area contributed by atoms with E-state index in [-0.39, 0.29) is 0 Å². The summed E-state index contributed by atoms with van der Waals surface area (Å²) in [7, 11) is 0. The van der Waals surface area contributed by atoms with E-state index in [1.54, 1.807) is 6.33 Å². The first-order chi connectivity index (χ1) is 10.4. The molecule has 0 unspecified atom stereocenters. The van der Waals surface area contributed by atoms with Crippen molar-refractivity contribution in [3.05, 3.63) is 54.0 Å². The van der Waals surface area contributed by atoms with E-state index in [2.05, 4.69) is 20.3 Å². The van der Waals surface area contributed by atoms with Gasteiger partial charge in [0.1, 0.15) is 12.0 Å². The minimum Gasteiger partial charge on any atom is -0.370 e. The van der Waals surface area contributed by atoms with Crippen LogP contribution >= 0.6 is 0 Å². The maximum absolute atomic E-state index is 5.71. The standard InChI is InChI=1S/C15H17N5O/c1-2-20-14(15-16-11-17-18-15)8-13(19-20)10-21-9-12-6-4-3-5-7-12/h3-8,11H,2,9-10H2,1H3,(H,16,17,18). The zero-order chi connectivity index (χ0) is 14.5. The largest absolute Gasteiger partial charge is 0.370 e. The molecule has 0 aliphatic carbocycles. The second kappa shape index (κ2) is 6.32. The van der Waals surface area contributed by atoms with Crippen LogP contribution in [0.15, 0.2) is 42.7 Å². The average Bonchev–Trinajstić information content (AvgIpc) is 3.17. The molecule has 6 nitrogen and oxygen atoms in total. The predicted molar refractivity (Wildman–Crippen MR) is 78.2 cm³/mol. The zero-order valence-corrected chi connectivity index (χ0v) is 11.9. The average molecular weight is 283 g/mol. The van der Waals surface area contributed by atoms with Crippen molar-refractivity contribution in [3.8, 4) is 11.5 Å². The number of rotatable bonds is 6. The Morgan fingerprint density at radius 2 is 2.05 bits per heavy atom. The fraction of sp³-hybridized carbons (Fsp3) is 0.267. The highest BCUT2D eigenvalue weighted by atomic mass is 16.5. The lowest BCUT2D eigenvalue weighted by atomic mass is 10.2. The van der Waals surface area contributed by atoms with Crippen LogP contribution in [0.25, 0.3) is 11.5 Å². The molecule has 108 valence electrons. The van der Waals surface area contributed by atoms with E-state index in [1.165, 1.54) is 0 Å². The van der Waals surface area contributed by atoms with Crippen LogP contribution in [-0.4, -0.2) is 25.0 Å². The van der Waals surface area contributed by atoms with Gasteiger partial charge in [-0.2, -0.15) is 10.2 Å². The summed E-state index contributed by atoms with van der Waals surface area (Å²) in [6.07, 6.45) is 1.56. The summed E-state index contributed by atoms with van der Waals surface area (Å²) < 4.78 is 7.59. The quantitative estimate of drug-likeness (QED) is 0.754. The van der Waals surface area contributed by atoms with Gasteiger partial charge in [-0.25, -0.2) is 4.98 Å². The predicted octanol–water partition coefficient (Wildman–Crippen LogP) is 2.40. The third-order valence-corrected chi connectivity index (χ3v) is 3.14. The Kier molecular flexibility index (Phi) is 4.07. The van der Waals surface area contributed by atoms with Crippen LogP contribution in [0.5, 0.6) is 0 Å². The van der Waals surface area contributed by atoms with Crippen molar-refractivity contribution in [1.29, 1.82) is 0 Å². The van der Waals surface area contributed by atoms with Crippen molar-refractivity contribution < 1.29 is 4.74 Å². The van der Waals surface area contributed by atoms with E-state index in [0.717, 1.165) is 23.5 Å². The van der Waals surface area contributed by atoms with Gasteiger partial charge >= 0.3 is 0 Å². The Hall–Kier alpha value is -2.47. The molecule has 6 heteroatoms. The lowest BCUT2D eigenvalue weighted by Gasteiger charge is -2.02. The first-order valence-corrected chi connectivity index (χ1v) is 6.91. The summed E-state index contributed by atoms with van der Waals surface area (Å²) in [4.78, 5) is 4.17. The first-order valence-electron chi connectivity index (χ1n) is 6.91. The minimum atomic E-state index is 0.472. The molecule has 2 heterocycles. The molecule has 0 spiro atoms. The summed E-state index contributed by atoms with van der Waals surface area (Å²) in [5.74, 6) is 0.652. The summed E-state index contributed by atoms with van der Waals surface area (Å²) in [6.45, 7) is 3.86. The van der Waals surface area contributed by atoms with Crippen molar-refractivity contribution in [2.45, 2.75) is 26.7 Å². The van der Waals surface area contributed by atoms with Crippen molar-refractivity contribution in [1.82, 2.24) is 25.0 Å². The Labute approximate surface area is 122 Å². The molecule has 0 aliphatic heterocycles. The Morgan fingerprint density at radius 1 is 1.19 bits per heavy atom. The molecule has 1 N–H and O–H groups in total. The minimum absolute atomic E-state index is 0.472. The Bertz CT molecular complexity index is 675. The number of ether oxygens (including phenoxy) is 1. The van der Waals surface area contributed by atoms with Gasteiger partial charge in [-0.15, -0.1) is 0 Å². The third kappa shape index (κ3) is 3.17. The van der Waals surface area contributed by atoms with E-state index in [4.69, 9.17) is 4.74 Å². The third-order valence-electron chi connectivity index (χ3n) is 3.14. The van der Waals surface area contributed by atoms with Gasteiger partial charge in [-0.3, -0.25) is 9.78 Å². The van der Waals surface area contributed by atoms with Gasteiger partial charge in [0.15, 0.2) is 5.82 Å². The Balaban J connectivity index is 1.66. The molecule has 0 atom stereocenters. The van der Waals surface area contributed by atoms with Gasteiger partial charge in [0.05, 0.1) is 18.9 Å². The van der Waals surface area contributed by atoms with Gasteiger partial charge in [0.25, 0.3) is 0 Å². The van der Waals surface area contributed by atoms with Crippen LogP contribution in [0.2, 0.25) is 0 Å². The van der Waals surface area contributed by atoms with Crippen molar-refractivity contribution >= 4 is 0 Å². The molecule has 2 aromatic heterocycles. The zero-order valence-electron chi connectivity index (χ0n) is 11.9. The highest BCUT2D eigenvalue weighted by Crippen LogP contribution is 2.16. The number of nitrogens with one attached hydrogen (secondary N) is 1. The number of hydrogen-bond donors (Lipinski definition) is 1. The Morgan fingerprint density at radius 3 is 2.76 bits per heavy atom. The molecule has 3 aromatic rings. The SMILES string of the molecule is CCn1nc(COCc2ccccc2)cc1-c1nc[nH]n1. The second-order valence-electron chi connectivity index (χ2n) is 4.64. The number of nitrogens with zero attached hydrogens (tertiary/aromatic N) is 4. The van der Waals surface area contributed by atoms with Gasteiger partial charge in [0.2, 0.25) is 0 Å². The molecule has 0 aliphatic rings. The number of aryl methyl sites for hydroxylation is 1. The molecule has 0 fully saturated rings. The summed E-state index contributed by atoms with van der Waals surface area (Å²) >= 11 is 0. The van der Waals surface area contributed by atoms with E-state index < -0.39 is 0 Å². The lowest BCUT2D eigenvalue weighted by molar-refractivity contribution is 0.104. The van der Waals surface area contributed by atoms with E-state index >= 15 is 0 Å². The smallest absolute Gasteiger partial charge is 0.199 e.